The van der Waals surface area contributed by atoms with Crippen LogP contribution in [0, 0.1) is 5.82 Å². The molecule has 0 bridgehead atoms. The summed E-state index contributed by atoms with van der Waals surface area (Å²) in [5.74, 6) is 0.408. The van der Waals surface area contributed by atoms with Crippen LogP contribution in [0.5, 0.6) is 0 Å². The maximum absolute atomic E-state index is 13.4. The standard InChI is InChI=1S/C23H24FN5O/c1-15(2)29-21(26-14-27-29)13-25-22(30)12-11-19-18-5-3-4-6-20(18)28-23(19)16-7-9-17(24)10-8-16/h3-10,14-15,28H,11-13H2,1-2H3,(H,25,30). The number of benzene rings is 2. The number of hydrogen-bond acceptors (Lipinski definition) is 3. The van der Waals surface area contributed by atoms with E-state index in [-0.39, 0.29) is 17.8 Å². The third-order valence-electron chi connectivity index (χ3n) is 5.13. The Morgan fingerprint density at radius 3 is 2.70 bits per heavy atom. The maximum atomic E-state index is 13.4. The van der Waals surface area contributed by atoms with Gasteiger partial charge in [0.1, 0.15) is 18.0 Å². The highest BCUT2D eigenvalue weighted by molar-refractivity contribution is 5.91. The summed E-state index contributed by atoms with van der Waals surface area (Å²) in [5, 5.41) is 8.20. The van der Waals surface area contributed by atoms with Gasteiger partial charge in [-0.15, -0.1) is 0 Å². The molecule has 7 heteroatoms. The van der Waals surface area contributed by atoms with Crippen molar-refractivity contribution in [2.24, 2.45) is 0 Å². The molecule has 0 atom stereocenters. The van der Waals surface area contributed by atoms with Crippen molar-refractivity contribution in [3.63, 3.8) is 0 Å². The minimum atomic E-state index is -0.273. The zero-order valence-corrected chi connectivity index (χ0v) is 17.0. The number of H-pyrrole nitrogens is 1. The van der Waals surface area contributed by atoms with Crippen LogP contribution in [0.25, 0.3) is 22.2 Å². The van der Waals surface area contributed by atoms with E-state index < -0.39 is 0 Å². The lowest BCUT2D eigenvalue weighted by molar-refractivity contribution is -0.121. The third kappa shape index (κ3) is 4.10. The van der Waals surface area contributed by atoms with E-state index in [1.807, 2.05) is 38.1 Å². The summed E-state index contributed by atoms with van der Waals surface area (Å²) in [7, 11) is 0. The second-order valence-electron chi connectivity index (χ2n) is 7.52. The molecule has 0 aliphatic rings. The molecule has 30 heavy (non-hydrogen) atoms. The third-order valence-corrected chi connectivity index (χ3v) is 5.13. The molecular weight excluding hydrogens is 381 g/mol. The molecule has 0 aliphatic heterocycles. The first-order valence-electron chi connectivity index (χ1n) is 10.0. The largest absolute Gasteiger partial charge is 0.354 e. The van der Waals surface area contributed by atoms with Gasteiger partial charge in [-0.2, -0.15) is 5.10 Å². The lowest BCUT2D eigenvalue weighted by Crippen LogP contribution is -2.25. The number of carbonyl (C=O) groups excluding carboxylic acids is 1. The summed E-state index contributed by atoms with van der Waals surface area (Å²) in [6.07, 6.45) is 2.41. The molecule has 4 aromatic rings. The van der Waals surface area contributed by atoms with E-state index in [4.69, 9.17) is 0 Å². The number of para-hydroxylation sites is 1. The first-order chi connectivity index (χ1) is 14.5. The van der Waals surface area contributed by atoms with E-state index in [2.05, 4.69) is 20.4 Å². The molecule has 2 aromatic heterocycles. The molecule has 1 amide bonds. The number of nitrogens with zero attached hydrogens (tertiary/aromatic N) is 3. The van der Waals surface area contributed by atoms with Gasteiger partial charge >= 0.3 is 0 Å². The highest BCUT2D eigenvalue weighted by atomic mass is 19.1. The van der Waals surface area contributed by atoms with Gasteiger partial charge in [0.05, 0.1) is 6.54 Å². The molecule has 0 spiro atoms. The molecule has 154 valence electrons. The number of rotatable bonds is 7. The summed E-state index contributed by atoms with van der Waals surface area (Å²) in [6.45, 7) is 4.39. The van der Waals surface area contributed by atoms with Crippen LogP contribution in [-0.4, -0.2) is 25.7 Å². The molecule has 2 heterocycles. The molecule has 0 aliphatic carbocycles. The Hall–Kier alpha value is -3.48. The predicted octanol–water partition coefficient (Wildman–Crippen LogP) is 4.40. The number of hydrogen-bond donors (Lipinski definition) is 2. The molecule has 6 nitrogen and oxygen atoms in total. The topological polar surface area (TPSA) is 75.6 Å². The van der Waals surface area contributed by atoms with Crippen molar-refractivity contribution in [3.8, 4) is 11.3 Å². The molecule has 4 rings (SSSR count). The first-order valence-corrected chi connectivity index (χ1v) is 10.0. The van der Waals surface area contributed by atoms with Crippen molar-refractivity contribution in [2.45, 2.75) is 39.3 Å². The van der Waals surface area contributed by atoms with Gasteiger partial charge < -0.3 is 10.3 Å². The van der Waals surface area contributed by atoms with Crippen molar-refractivity contribution in [3.05, 3.63) is 72.1 Å². The number of aromatic amines is 1. The summed E-state index contributed by atoms with van der Waals surface area (Å²) in [5.41, 5.74) is 3.87. The monoisotopic (exact) mass is 405 g/mol. The minimum absolute atomic E-state index is 0.0522. The number of nitrogens with one attached hydrogen (secondary N) is 2. The van der Waals surface area contributed by atoms with E-state index in [9.17, 15) is 9.18 Å². The van der Waals surface area contributed by atoms with Crippen molar-refractivity contribution in [1.29, 1.82) is 0 Å². The van der Waals surface area contributed by atoms with Crippen LogP contribution in [0.1, 0.15) is 37.7 Å². The zero-order chi connectivity index (χ0) is 21.1. The van der Waals surface area contributed by atoms with E-state index in [0.29, 0.717) is 19.4 Å². The molecule has 0 saturated carbocycles. The Balaban J connectivity index is 1.50. The smallest absolute Gasteiger partial charge is 0.220 e. The number of aromatic nitrogens is 4. The normalized spacial score (nSPS) is 11.3. The summed E-state index contributed by atoms with van der Waals surface area (Å²) in [4.78, 5) is 20.2. The van der Waals surface area contributed by atoms with Crippen LogP contribution >= 0.6 is 0 Å². The van der Waals surface area contributed by atoms with Crippen LogP contribution < -0.4 is 5.32 Å². The second kappa shape index (κ2) is 8.49. The van der Waals surface area contributed by atoms with Gasteiger partial charge in [-0.1, -0.05) is 18.2 Å². The maximum Gasteiger partial charge on any atom is 0.220 e. The van der Waals surface area contributed by atoms with Crippen LogP contribution in [0.3, 0.4) is 0 Å². The van der Waals surface area contributed by atoms with Crippen molar-refractivity contribution in [2.75, 3.05) is 0 Å². The number of halogens is 1. The van der Waals surface area contributed by atoms with Crippen molar-refractivity contribution < 1.29 is 9.18 Å². The molecule has 0 unspecified atom stereocenters. The molecule has 2 N–H and O–H groups in total. The fourth-order valence-electron chi connectivity index (χ4n) is 3.66. The summed E-state index contributed by atoms with van der Waals surface area (Å²) >= 11 is 0. The number of amides is 1. The number of aryl methyl sites for hydroxylation is 1. The highest BCUT2D eigenvalue weighted by Gasteiger charge is 2.15. The predicted molar refractivity (Wildman–Crippen MR) is 114 cm³/mol. The van der Waals surface area contributed by atoms with Gasteiger partial charge in [0.2, 0.25) is 5.91 Å². The van der Waals surface area contributed by atoms with E-state index in [1.165, 1.54) is 18.5 Å². The van der Waals surface area contributed by atoms with Gasteiger partial charge in [0, 0.05) is 29.1 Å². The molecule has 0 radical (unpaired) electrons. The fraction of sp³-hybridized carbons (Fsp3) is 0.261. The van der Waals surface area contributed by atoms with E-state index in [0.717, 1.165) is 33.5 Å². The second-order valence-corrected chi connectivity index (χ2v) is 7.52. The Morgan fingerprint density at radius 1 is 1.17 bits per heavy atom. The van der Waals surface area contributed by atoms with Gasteiger partial charge in [0.15, 0.2) is 0 Å². The number of fused-ring (bicyclic) bond motifs is 1. The SMILES string of the molecule is CC(C)n1ncnc1CNC(=O)CCc1c(-c2ccc(F)cc2)[nH]c2ccccc12. The van der Waals surface area contributed by atoms with Gasteiger partial charge in [-0.3, -0.25) is 4.79 Å². The molecular formula is C23H24FN5O. The molecule has 0 fully saturated rings. The van der Waals surface area contributed by atoms with Gasteiger partial charge in [-0.05, 0) is 61.7 Å². The minimum Gasteiger partial charge on any atom is -0.354 e. The average Bonchev–Trinajstić information content (AvgIpc) is 3.36. The van der Waals surface area contributed by atoms with E-state index >= 15 is 0 Å². The Bertz CT molecular complexity index is 1160. The Kier molecular flexibility index (Phi) is 5.61. The summed E-state index contributed by atoms with van der Waals surface area (Å²) < 4.78 is 15.2. The highest BCUT2D eigenvalue weighted by Crippen LogP contribution is 2.31. The quantitative estimate of drug-likeness (QED) is 0.479. The molecule has 2 aromatic carbocycles. The van der Waals surface area contributed by atoms with Gasteiger partial charge in [0.25, 0.3) is 0 Å². The van der Waals surface area contributed by atoms with Crippen molar-refractivity contribution in [1.82, 2.24) is 25.1 Å². The first kappa shape index (κ1) is 19.8. The van der Waals surface area contributed by atoms with Crippen molar-refractivity contribution >= 4 is 16.8 Å². The van der Waals surface area contributed by atoms with Crippen LogP contribution in [-0.2, 0) is 17.8 Å². The van der Waals surface area contributed by atoms with Crippen LogP contribution in [0.4, 0.5) is 4.39 Å². The van der Waals surface area contributed by atoms with Crippen LogP contribution in [0.2, 0.25) is 0 Å². The lowest BCUT2D eigenvalue weighted by Gasteiger charge is -2.10. The van der Waals surface area contributed by atoms with E-state index in [1.54, 1.807) is 16.8 Å². The van der Waals surface area contributed by atoms with Crippen LogP contribution in [0.15, 0.2) is 54.9 Å². The lowest BCUT2D eigenvalue weighted by atomic mass is 10.0. The Morgan fingerprint density at radius 2 is 1.93 bits per heavy atom. The average molecular weight is 405 g/mol. The zero-order valence-electron chi connectivity index (χ0n) is 17.0. The summed E-state index contributed by atoms with van der Waals surface area (Å²) in [6, 6.07) is 14.6. The molecule has 0 saturated heterocycles. The van der Waals surface area contributed by atoms with Gasteiger partial charge in [-0.25, -0.2) is 14.1 Å². The Labute approximate surface area is 174 Å². The fourth-order valence-corrected chi connectivity index (χ4v) is 3.66. The number of carbonyl (C=O) groups is 1.